The number of anilines is 1. The molecular weight excluding hydrogens is 274 g/mol. The summed E-state index contributed by atoms with van der Waals surface area (Å²) >= 11 is 0. The number of furan rings is 1. The summed E-state index contributed by atoms with van der Waals surface area (Å²) in [6, 6.07) is 8.53. The van der Waals surface area contributed by atoms with Gasteiger partial charge in [-0.25, -0.2) is 4.79 Å². The minimum atomic E-state index is -1.11. The van der Waals surface area contributed by atoms with Gasteiger partial charge in [0.05, 0.1) is 0 Å². The van der Waals surface area contributed by atoms with E-state index in [-0.39, 0.29) is 18.3 Å². The Morgan fingerprint density at radius 2 is 2.10 bits per heavy atom. The lowest BCUT2D eigenvalue weighted by Gasteiger charge is -2.07. The molecule has 1 aromatic heterocycles. The van der Waals surface area contributed by atoms with Gasteiger partial charge in [0.1, 0.15) is 18.1 Å². The molecule has 0 saturated heterocycles. The van der Waals surface area contributed by atoms with Crippen LogP contribution in [0.15, 0.2) is 34.7 Å². The number of ether oxygens (including phenoxy) is 1. The van der Waals surface area contributed by atoms with Crippen molar-refractivity contribution >= 4 is 17.6 Å². The van der Waals surface area contributed by atoms with Crippen LogP contribution in [0.5, 0.6) is 5.75 Å². The smallest absolute Gasteiger partial charge is 0.372 e. The Morgan fingerprint density at radius 3 is 2.71 bits per heavy atom. The fraction of sp³-hybridized carbons (Fsp3) is 0.200. The molecule has 2 N–H and O–H groups in total. The van der Waals surface area contributed by atoms with Gasteiger partial charge < -0.3 is 19.6 Å². The van der Waals surface area contributed by atoms with Gasteiger partial charge in [-0.1, -0.05) is 6.07 Å². The average molecular weight is 289 g/mol. The third-order valence-corrected chi connectivity index (χ3v) is 2.70. The maximum Gasteiger partial charge on any atom is 0.372 e. The summed E-state index contributed by atoms with van der Waals surface area (Å²) in [6.45, 7) is 3.19. The second-order valence-electron chi connectivity index (χ2n) is 4.53. The van der Waals surface area contributed by atoms with Crippen LogP contribution in [0.25, 0.3) is 0 Å². The van der Waals surface area contributed by atoms with Crippen LogP contribution in [0.2, 0.25) is 0 Å². The van der Waals surface area contributed by atoms with Gasteiger partial charge in [-0.3, -0.25) is 4.79 Å². The van der Waals surface area contributed by atoms with E-state index in [0.29, 0.717) is 22.8 Å². The second-order valence-corrected chi connectivity index (χ2v) is 4.53. The minimum Gasteiger partial charge on any atom is -0.486 e. The predicted molar refractivity (Wildman–Crippen MR) is 75.5 cm³/mol. The molecule has 6 nitrogen and oxygen atoms in total. The molecule has 0 saturated carbocycles. The summed E-state index contributed by atoms with van der Waals surface area (Å²) in [6.07, 6.45) is 0. The summed E-state index contributed by atoms with van der Waals surface area (Å²) in [5.41, 5.74) is 1.18. The Hall–Kier alpha value is -2.76. The predicted octanol–water partition coefficient (Wildman–Crippen LogP) is 2.82. The highest BCUT2D eigenvalue weighted by Crippen LogP contribution is 2.20. The van der Waals surface area contributed by atoms with E-state index in [1.54, 1.807) is 37.3 Å². The maximum absolute atomic E-state index is 11.0. The SMILES string of the molecule is CC(=O)Nc1cccc(OCc2cc(C)c(C(=O)O)o2)c1. The van der Waals surface area contributed by atoms with Crippen LogP contribution in [0, 0.1) is 6.92 Å². The largest absolute Gasteiger partial charge is 0.486 e. The molecule has 0 fully saturated rings. The number of rotatable bonds is 5. The van der Waals surface area contributed by atoms with E-state index < -0.39 is 5.97 Å². The standard InChI is InChI=1S/C15H15NO5/c1-9-6-13(21-14(9)15(18)19)8-20-12-5-3-4-11(7-12)16-10(2)17/h3-7H,8H2,1-2H3,(H,16,17)(H,18,19). The van der Waals surface area contributed by atoms with E-state index in [2.05, 4.69) is 5.32 Å². The summed E-state index contributed by atoms with van der Waals surface area (Å²) in [7, 11) is 0. The molecule has 0 atom stereocenters. The molecule has 1 aromatic carbocycles. The van der Waals surface area contributed by atoms with Gasteiger partial charge in [-0.05, 0) is 25.1 Å². The van der Waals surface area contributed by atoms with Gasteiger partial charge in [0, 0.05) is 24.2 Å². The van der Waals surface area contributed by atoms with Gasteiger partial charge in [0.2, 0.25) is 11.7 Å². The summed E-state index contributed by atoms with van der Waals surface area (Å²) in [5.74, 6) is -0.381. The van der Waals surface area contributed by atoms with Crippen LogP contribution in [-0.2, 0) is 11.4 Å². The lowest BCUT2D eigenvalue weighted by Crippen LogP contribution is -2.05. The van der Waals surface area contributed by atoms with E-state index in [1.807, 2.05) is 0 Å². The molecule has 1 heterocycles. The highest BCUT2D eigenvalue weighted by Gasteiger charge is 2.14. The zero-order chi connectivity index (χ0) is 15.4. The Morgan fingerprint density at radius 1 is 1.33 bits per heavy atom. The molecule has 0 unspecified atom stereocenters. The van der Waals surface area contributed by atoms with Crippen LogP contribution < -0.4 is 10.1 Å². The normalized spacial score (nSPS) is 10.2. The maximum atomic E-state index is 11.0. The molecule has 110 valence electrons. The number of carbonyl (C=O) groups is 2. The number of aromatic carboxylic acids is 1. The number of benzene rings is 1. The third-order valence-electron chi connectivity index (χ3n) is 2.70. The first-order valence-electron chi connectivity index (χ1n) is 6.29. The monoisotopic (exact) mass is 289 g/mol. The first kappa shape index (κ1) is 14.6. The van der Waals surface area contributed by atoms with Crippen LogP contribution in [0.3, 0.4) is 0 Å². The number of hydrogen-bond donors (Lipinski definition) is 2. The Labute approximate surface area is 121 Å². The lowest BCUT2D eigenvalue weighted by atomic mass is 10.2. The van der Waals surface area contributed by atoms with Gasteiger partial charge in [0.15, 0.2) is 0 Å². The van der Waals surface area contributed by atoms with Crippen LogP contribution >= 0.6 is 0 Å². The zero-order valence-corrected chi connectivity index (χ0v) is 11.7. The summed E-state index contributed by atoms with van der Waals surface area (Å²) in [4.78, 5) is 21.9. The Balaban J connectivity index is 2.04. The zero-order valence-electron chi connectivity index (χ0n) is 11.7. The van der Waals surface area contributed by atoms with Gasteiger partial charge in [-0.2, -0.15) is 0 Å². The van der Waals surface area contributed by atoms with Crippen molar-refractivity contribution in [2.24, 2.45) is 0 Å². The number of hydrogen-bond acceptors (Lipinski definition) is 4. The van der Waals surface area contributed by atoms with E-state index in [0.717, 1.165) is 0 Å². The number of nitrogens with one attached hydrogen (secondary N) is 1. The van der Waals surface area contributed by atoms with Gasteiger partial charge >= 0.3 is 5.97 Å². The van der Waals surface area contributed by atoms with Crippen LogP contribution in [0.4, 0.5) is 5.69 Å². The van der Waals surface area contributed by atoms with Gasteiger partial charge in [-0.15, -0.1) is 0 Å². The first-order chi connectivity index (χ1) is 9.95. The molecule has 21 heavy (non-hydrogen) atoms. The van der Waals surface area contributed by atoms with Crippen LogP contribution in [-0.4, -0.2) is 17.0 Å². The average Bonchev–Trinajstić information content (AvgIpc) is 2.77. The van der Waals surface area contributed by atoms with Crippen molar-refractivity contribution in [1.29, 1.82) is 0 Å². The first-order valence-corrected chi connectivity index (χ1v) is 6.29. The molecule has 2 aromatic rings. The molecule has 6 heteroatoms. The fourth-order valence-corrected chi connectivity index (χ4v) is 1.85. The summed E-state index contributed by atoms with van der Waals surface area (Å²) < 4.78 is 10.7. The molecule has 0 aliphatic heterocycles. The Kier molecular flexibility index (Phi) is 4.27. The molecule has 2 rings (SSSR count). The fourth-order valence-electron chi connectivity index (χ4n) is 1.85. The van der Waals surface area contributed by atoms with Crippen molar-refractivity contribution in [2.75, 3.05) is 5.32 Å². The van der Waals surface area contributed by atoms with E-state index in [9.17, 15) is 9.59 Å². The molecule has 0 spiro atoms. The number of carbonyl (C=O) groups excluding carboxylic acids is 1. The van der Waals surface area contributed by atoms with Crippen molar-refractivity contribution in [1.82, 2.24) is 0 Å². The molecule has 0 bridgehead atoms. The van der Waals surface area contributed by atoms with Crippen LogP contribution in [0.1, 0.15) is 28.8 Å². The van der Waals surface area contributed by atoms with E-state index >= 15 is 0 Å². The third kappa shape index (κ3) is 3.85. The Bertz CT molecular complexity index is 674. The summed E-state index contributed by atoms with van der Waals surface area (Å²) in [5, 5.41) is 11.6. The molecule has 0 radical (unpaired) electrons. The van der Waals surface area contributed by atoms with Crippen molar-refractivity contribution in [3.8, 4) is 5.75 Å². The quantitative estimate of drug-likeness (QED) is 0.883. The van der Waals surface area contributed by atoms with Crippen molar-refractivity contribution in [3.05, 3.63) is 47.4 Å². The number of carboxylic acids is 1. The molecular formula is C15H15NO5. The lowest BCUT2D eigenvalue weighted by molar-refractivity contribution is -0.114. The minimum absolute atomic E-state index is 0.0828. The van der Waals surface area contributed by atoms with E-state index in [1.165, 1.54) is 6.92 Å². The second kappa shape index (κ2) is 6.13. The van der Waals surface area contributed by atoms with Gasteiger partial charge in [0.25, 0.3) is 0 Å². The topological polar surface area (TPSA) is 88.8 Å². The highest BCUT2D eigenvalue weighted by atomic mass is 16.5. The van der Waals surface area contributed by atoms with E-state index in [4.69, 9.17) is 14.3 Å². The van der Waals surface area contributed by atoms with Crippen molar-refractivity contribution in [2.45, 2.75) is 20.5 Å². The van der Waals surface area contributed by atoms with Crippen molar-refractivity contribution in [3.63, 3.8) is 0 Å². The number of aryl methyl sites for hydroxylation is 1. The number of amides is 1. The molecule has 1 amide bonds. The van der Waals surface area contributed by atoms with Crippen molar-refractivity contribution < 1.29 is 23.8 Å². The molecule has 0 aliphatic rings. The molecule has 0 aliphatic carbocycles. The number of carboxylic acid groups (broad SMARTS) is 1. The highest BCUT2D eigenvalue weighted by molar-refractivity contribution is 5.88.